The summed E-state index contributed by atoms with van der Waals surface area (Å²) in [5.41, 5.74) is 2.07. The van der Waals surface area contributed by atoms with Gasteiger partial charge >= 0.3 is 0 Å². The van der Waals surface area contributed by atoms with E-state index >= 15 is 0 Å². The lowest BCUT2D eigenvalue weighted by Gasteiger charge is -2.23. The number of carbonyl (C=O) groups excluding carboxylic acids is 1. The predicted octanol–water partition coefficient (Wildman–Crippen LogP) is 3.78. The van der Waals surface area contributed by atoms with Gasteiger partial charge < -0.3 is 5.32 Å². The first kappa shape index (κ1) is 20.6. The zero-order valence-electron chi connectivity index (χ0n) is 16.6. The average molecular weight is 441 g/mol. The van der Waals surface area contributed by atoms with E-state index in [4.69, 9.17) is 12.2 Å². The molecule has 0 aliphatic carbocycles. The van der Waals surface area contributed by atoms with Crippen LogP contribution >= 0.6 is 23.6 Å². The van der Waals surface area contributed by atoms with Crippen LogP contribution in [0.4, 0.5) is 5.13 Å². The van der Waals surface area contributed by atoms with E-state index in [0.717, 1.165) is 37.4 Å². The Morgan fingerprint density at radius 1 is 1.40 bits per heavy atom. The van der Waals surface area contributed by atoms with Crippen molar-refractivity contribution in [2.75, 3.05) is 11.9 Å². The Labute approximate surface area is 184 Å². The number of hydrogen-bond acceptors (Lipinski definition) is 6. The second kappa shape index (κ2) is 9.46. The molecule has 1 aliphatic heterocycles. The third-order valence-corrected chi connectivity index (χ3v) is 6.28. The number of amides is 1. The highest BCUT2D eigenvalue weighted by atomic mass is 32.1. The highest BCUT2D eigenvalue weighted by Crippen LogP contribution is 2.23. The molecule has 9 heteroatoms. The Balaban J connectivity index is 1.39. The lowest BCUT2D eigenvalue weighted by Crippen LogP contribution is -2.39. The molecule has 1 fully saturated rings. The van der Waals surface area contributed by atoms with E-state index < -0.39 is 0 Å². The van der Waals surface area contributed by atoms with Crippen molar-refractivity contribution in [1.82, 2.24) is 24.6 Å². The van der Waals surface area contributed by atoms with Gasteiger partial charge in [0, 0.05) is 18.5 Å². The van der Waals surface area contributed by atoms with Gasteiger partial charge in [0.25, 0.3) is 0 Å². The lowest BCUT2D eigenvalue weighted by molar-refractivity contribution is -0.120. The van der Waals surface area contributed by atoms with Crippen molar-refractivity contribution in [2.45, 2.75) is 38.4 Å². The molecule has 1 saturated heterocycles. The van der Waals surface area contributed by atoms with Crippen molar-refractivity contribution in [2.24, 2.45) is 0 Å². The highest BCUT2D eigenvalue weighted by molar-refractivity contribution is 7.71. The molecule has 0 radical (unpaired) electrons. The zero-order chi connectivity index (χ0) is 20.9. The number of likely N-dealkylation sites (tertiary alicyclic amines) is 1. The fourth-order valence-corrected chi connectivity index (χ4v) is 4.67. The molecule has 3 aromatic rings. The van der Waals surface area contributed by atoms with Gasteiger partial charge in [0.05, 0.1) is 18.2 Å². The summed E-state index contributed by atoms with van der Waals surface area (Å²) in [5, 5.41) is 12.7. The van der Waals surface area contributed by atoms with E-state index in [2.05, 4.69) is 44.1 Å². The van der Waals surface area contributed by atoms with Crippen LogP contribution in [0.2, 0.25) is 0 Å². The number of thiazole rings is 1. The van der Waals surface area contributed by atoms with E-state index in [9.17, 15) is 4.79 Å². The summed E-state index contributed by atoms with van der Waals surface area (Å²) >= 11 is 6.69. The highest BCUT2D eigenvalue weighted by Gasteiger charge is 2.31. The van der Waals surface area contributed by atoms with Crippen LogP contribution in [0, 0.1) is 4.77 Å². The zero-order valence-corrected chi connectivity index (χ0v) is 18.2. The van der Waals surface area contributed by atoms with E-state index in [-0.39, 0.29) is 11.9 Å². The van der Waals surface area contributed by atoms with E-state index in [1.54, 1.807) is 6.08 Å². The van der Waals surface area contributed by atoms with Gasteiger partial charge in [0.2, 0.25) is 5.91 Å². The molecular formula is C21H24N6OS2. The second-order valence-electron chi connectivity index (χ2n) is 7.27. The van der Waals surface area contributed by atoms with Gasteiger partial charge in [0.1, 0.15) is 5.82 Å². The summed E-state index contributed by atoms with van der Waals surface area (Å²) in [6.07, 6.45) is 4.22. The summed E-state index contributed by atoms with van der Waals surface area (Å²) in [6.45, 7) is 6.07. The van der Waals surface area contributed by atoms with Crippen LogP contribution in [-0.2, 0) is 24.3 Å². The topological polar surface area (TPSA) is 78.8 Å². The maximum atomic E-state index is 12.9. The van der Waals surface area contributed by atoms with Gasteiger partial charge in [-0.15, -0.1) is 17.9 Å². The maximum Gasteiger partial charge on any atom is 0.243 e. The molecule has 0 bridgehead atoms. The quantitative estimate of drug-likeness (QED) is 0.412. The van der Waals surface area contributed by atoms with Gasteiger partial charge in [-0.3, -0.25) is 19.4 Å². The standard InChI is InChI=1S/C21H24N6OS2/c1-2-10-27-18(24-25-21(27)29)12-16-14-30-20(22-16)23-19(28)17-9-6-11-26(17)13-15-7-4-3-5-8-15/h2-5,7-8,14,17H,1,6,9-13H2,(H,25,29)(H,22,23,28)/t17-/m1/s1. The first-order valence-corrected chi connectivity index (χ1v) is 11.2. The van der Waals surface area contributed by atoms with Crippen LogP contribution in [0.25, 0.3) is 0 Å². The number of aromatic amines is 1. The van der Waals surface area contributed by atoms with Crippen molar-refractivity contribution in [3.05, 3.63) is 70.2 Å². The molecule has 30 heavy (non-hydrogen) atoms. The lowest BCUT2D eigenvalue weighted by atomic mass is 10.1. The molecule has 156 valence electrons. The van der Waals surface area contributed by atoms with Crippen molar-refractivity contribution in [1.29, 1.82) is 0 Å². The summed E-state index contributed by atoms with van der Waals surface area (Å²) < 4.78 is 2.45. The van der Waals surface area contributed by atoms with Gasteiger partial charge in [0.15, 0.2) is 9.90 Å². The number of aromatic nitrogens is 4. The molecule has 4 rings (SSSR count). The average Bonchev–Trinajstić information content (AvgIpc) is 3.46. The monoisotopic (exact) mass is 440 g/mol. The van der Waals surface area contributed by atoms with E-state index in [0.29, 0.717) is 22.9 Å². The smallest absolute Gasteiger partial charge is 0.243 e. The Bertz CT molecular complexity index is 1070. The number of nitrogens with zero attached hydrogens (tertiary/aromatic N) is 4. The SMILES string of the molecule is C=CCn1c(Cc2csc(NC(=O)[C@H]3CCCN3Cc3ccccc3)n2)n[nH]c1=S. The third kappa shape index (κ3) is 4.75. The number of rotatable bonds is 8. The minimum atomic E-state index is -0.124. The molecule has 0 unspecified atom stereocenters. The molecular weight excluding hydrogens is 416 g/mol. The Morgan fingerprint density at radius 3 is 3.03 bits per heavy atom. The fraction of sp³-hybridized carbons (Fsp3) is 0.333. The van der Waals surface area contributed by atoms with Crippen molar-refractivity contribution >= 4 is 34.6 Å². The molecule has 3 heterocycles. The maximum absolute atomic E-state index is 12.9. The third-order valence-electron chi connectivity index (χ3n) is 5.16. The molecule has 2 aromatic heterocycles. The summed E-state index contributed by atoms with van der Waals surface area (Å²) in [5.74, 6) is 0.812. The molecule has 1 atom stereocenters. The van der Waals surface area contributed by atoms with Crippen LogP contribution in [0.3, 0.4) is 0 Å². The van der Waals surface area contributed by atoms with Gasteiger partial charge in [-0.05, 0) is 37.2 Å². The van der Waals surface area contributed by atoms with Crippen molar-refractivity contribution in [3.63, 3.8) is 0 Å². The number of benzene rings is 1. The molecule has 1 amide bonds. The van der Waals surface area contributed by atoms with Gasteiger partial charge in [-0.2, -0.15) is 5.10 Å². The number of H-pyrrole nitrogens is 1. The summed E-state index contributed by atoms with van der Waals surface area (Å²) in [7, 11) is 0. The van der Waals surface area contributed by atoms with Gasteiger partial charge in [-0.25, -0.2) is 4.98 Å². The molecule has 1 aliphatic rings. The van der Waals surface area contributed by atoms with E-state index in [1.165, 1.54) is 16.9 Å². The Kier molecular flexibility index (Phi) is 6.51. The molecule has 2 N–H and O–H groups in total. The summed E-state index contributed by atoms with van der Waals surface area (Å²) in [6, 6.07) is 10.1. The van der Waals surface area contributed by atoms with Crippen molar-refractivity contribution in [3.8, 4) is 0 Å². The fourth-order valence-electron chi connectivity index (χ4n) is 3.73. The minimum absolute atomic E-state index is 0.0127. The largest absolute Gasteiger partial charge is 0.301 e. The van der Waals surface area contributed by atoms with Gasteiger partial charge in [-0.1, -0.05) is 36.4 Å². The Morgan fingerprint density at radius 2 is 2.23 bits per heavy atom. The first-order valence-electron chi connectivity index (χ1n) is 9.92. The normalized spacial score (nSPS) is 16.6. The first-order chi connectivity index (χ1) is 14.6. The van der Waals surface area contributed by atoms with Crippen LogP contribution in [0.1, 0.15) is 29.9 Å². The minimum Gasteiger partial charge on any atom is -0.301 e. The Hall–Kier alpha value is -2.62. The number of allylic oxidation sites excluding steroid dienone is 1. The molecule has 0 spiro atoms. The molecule has 0 saturated carbocycles. The molecule has 7 nitrogen and oxygen atoms in total. The molecule has 1 aromatic carbocycles. The second-order valence-corrected chi connectivity index (χ2v) is 8.51. The van der Waals surface area contributed by atoms with Crippen LogP contribution in [0.15, 0.2) is 48.4 Å². The number of nitrogens with one attached hydrogen (secondary N) is 2. The summed E-state index contributed by atoms with van der Waals surface area (Å²) in [4.78, 5) is 19.7. The van der Waals surface area contributed by atoms with Crippen LogP contribution < -0.4 is 5.32 Å². The van der Waals surface area contributed by atoms with Crippen LogP contribution in [0.5, 0.6) is 0 Å². The predicted molar refractivity (Wildman–Crippen MR) is 121 cm³/mol. The van der Waals surface area contributed by atoms with E-state index in [1.807, 2.05) is 28.1 Å². The number of anilines is 1. The van der Waals surface area contributed by atoms with Crippen molar-refractivity contribution < 1.29 is 4.79 Å². The van der Waals surface area contributed by atoms with Crippen LogP contribution in [-0.4, -0.2) is 43.1 Å². The number of hydrogen-bond donors (Lipinski definition) is 2. The number of carbonyl (C=O) groups is 1.